The summed E-state index contributed by atoms with van der Waals surface area (Å²) < 4.78 is 29.5. The van der Waals surface area contributed by atoms with Gasteiger partial charge in [0.25, 0.3) is 11.8 Å². The number of benzene rings is 1. The van der Waals surface area contributed by atoms with Gasteiger partial charge in [-0.25, -0.2) is 9.97 Å². The van der Waals surface area contributed by atoms with E-state index in [1.807, 2.05) is 30.3 Å². The zero-order chi connectivity index (χ0) is 13.9. The second-order valence-electron chi connectivity index (χ2n) is 3.91. The Kier molecular flexibility index (Phi) is 3.16. The van der Waals surface area contributed by atoms with Gasteiger partial charge in [0.05, 0.1) is 5.56 Å². The lowest BCUT2D eigenvalue weighted by molar-refractivity contribution is 0.116. The molecule has 0 amide bonds. The van der Waals surface area contributed by atoms with Gasteiger partial charge in [-0.2, -0.15) is 8.78 Å². The van der Waals surface area contributed by atoms with Crippen LogP contribution >= 0.6 is 0 Å². The highest BCUT2D eigenvalue weighted by Gasteiger charge is 2.17. The first-order valence-electron chi connectivity index (χ1n) is 5.73. The zero-order valence-electron chi connectivity index (χ0n) is 10.1. The van der Waals surface area contributed by atoms with Crippen LogP contribution in [0.15, 0.2) is 47.1 Å². The smallest absolute Gasteiger partial charge is 0.314 e. The van der Waals surface area contributed by atoms with Crippen molar-refractivity contribution < 1.29 is 13.2 Å². The summed E-state index contributed by atoms with van der Waals surface area (Å²) in [6, 6.07) is 9.38. The molecule has 20 heavy (non-hydrogen) atoms. The van der Waals surface area contributed by atoms with Crippen LogP contribution in [0.25, 0.3) is 22.8 Å². The van der Waals surface area contributed by atoms with Crippen molar-refractivity contribution in [2.75, 3.05) is 0 Å². The maximum Gasteiger partial charge on any atom is 0.314 e. The molecule has 0 bridgehead atoms. The molecule has 0 atom stereocenters. The van der Waals surface area contributed by atoms with Crippen molar-refractivity contribution >= 4 is 0 Å². The van der Waals surface area contributed by atoms with E-state index in [9.17, 15) is 8.78 Å². The van der Waals surface area contributed by atoms with Crippen LogP contribution in [-0.2, 0) is 0 Å². The monoisotopic (exact) mass is 274 g/mol. The molecule has 0 unspecified atom stereocenters. The van der Waals surface area contributed by atoms with Crippen molar-refractivity contribution in [1.82, 2.24) is 20.2 Å². The van der Waals surface area contributed by atoms with E-state index in [2.05, 4.69) is 20.2 Å². The van der Waals surface area contributed by atoms with Crippen molar-refractivity contribution in [1.29, 1.82) is 0 Å². The lowest BCUT2D eigenvalue weighted by Crippen LogP contribution is -1.89. The van der Waals surface area contributed by atoms with Gasteiger partial charge in [-0.3, -0.25) is 0 Å². The van der Waals surface area contributed by atoms with Crippen LogP contribution in [0.2, 0.25) is 0 Å². The molecule has 1 aromatic carbocycles. The Morgan fingerprint density at radius 1 is 0.900 bits per heavy atom. The van der Waals surface area contributed by atoms with E-state index < -0.39 is 12.3 Å². The molecule has 3 aromatic rings. The van der Waals surface area contributed by atoms with Gasteiger partial charge in [0.15, 0.2) is 5.82 Å². The Hall–Kier alpha value is -2.70. The third-order valence-electron chi connectivity index (χ3n) is 2.56. The van der Waals surface area contributed by atoms with Crippen molar-refractivity contribution in [3.05, 3.63) is 48.6 Å². The van der Waals surface area contributed by atoms with E-state index >= 15 is 0 Å². The highest BCUT2D eigenvalue weighted by Crippen LogP contribution is 2.23. The van der Waals surface area contributed by atoms with Gasteiger partial charge >= 0.3 is 6.43 Å². The number of rotatable bonds is 3. The molecule has 7 heteroatoms. The Labute approximate surface area is 112 Å². The normalized spacial score (nSPS) is 10.9. The fourth-order valence-electron chi connectivity index (χ4n) is 1.61. The fraction of sp³-hybridized carbons (Fsp3) is 0.0769. The molecule has 0 aliphatic rings. The third kappa shape index (κ3) is 2.37. The van der Waals surface area contributed by atoms with Crippen LogP contribution in [-0.4, -0.2) is 20.2 Å². The van der Waals surface area contributed by atoms with E-state index in [0.29, 0.717) is 11.4 Å². The van der Waals surface area contributed by atoms with Crippen molar-refractivity contribution in [3.63, 3.8) is 0 Å². The average Bonchev–Trinajstić information content (AvgIpc) is 2.98. The van der Waals surface area contributed by atoms with Crippen LogP contribution < -0.4 is 0 Å². The van der Waals surface area contributed by atoms with Crippen LogP contribution in [0.5, 0.6) is 0 Å². The van der Waals surface area contributed by atoms with Crippen LogP contribution in [0.3, 0.4) is 0 Å². The first kappa shape index (κ1) is 12.3. The number of halogens is 2. The summed E-state index contributed by atoms with van der Waals surface area (Å²) in [5, 5.41) is 6.78. The van der Waals surface area contributed by atoms with E-state index in [1.165, 1.54) is 12.4 Å². The van der Waals surface area contributed by atoms with Gasteiger partial charge in [0, 0.05) is 18.0 Å². The molecule has 3 rings (SSSR count). The molecule has 2 aromatic heterocycles. The molecular formula is C13H8F2N4O. The summed E-state index contributed by atoms with van der Waals surface area (Å²) in [5.74, 6) is -0.213. The molecule has 2 heterocycles. The second kappa shape index (κ2) is 5.12. The zero-order valence-corrected chi connectivity index (χ0v) is 10.1. The maximum atomic E-state index is 12.4. The minimum atomic E-state index is -2.79. The fourth-order valence-corrected chi connectivity index (χ4v) is 1.61. The first-order chi connectivity index (χ1) is 9.74. The Morgan fingerprint density at radius 2 is 1.60 bits per heavy atom. The first-order valence-corrected chi connectivity index (χ1v) is 5.73. The largest absolute Gasteiger partial charge is 0.415 e. The van der Waals surface area contributed by atoms with Crippen molar-refractivity contribution in [2.24, 2.45) is 0 Å². The molecule has 0 saturated heterocycles. The summed E-state index contributed by atoms with van der Waals surface area (Å²) in [5.41, 5.74) is 1.25. The third-order valence-corrected chi connectivity index (χ3v) is 2.56. The SMILES string of the molecule is FC(F)c1nnc(-c2cnc(-c3ccccc3)nc2)o1. The molecule has 0 fully saturated rings. The summed E-state index contributed by atoms with van der Waals surface area (Å²) in [6.45, 7) is 0. The van der Waals surface area contributed by atoms with Gasteiger partial charge in [-0.15, -0.1) is 10.2 Å². The average molecular weight is 274 g/mol. The minimum Gasteiger partial charge on any atom is -0.415 e. The predicted octanol–water partition coefficient (Wildman–Crippen LogP) is 3.13. The molecule has 0 aliphatic carbocycles. The topological polar surface area (TPSA) is 64.7 Å². The van der Waals surface area contributed by atoms with Gasteiger partial charge in [0.1, 0.15) is 0 Å². The molecule has 0 N–H and O–H groups in total. The molecule has 5 nitrogen and oxygen atoms in total. The van der Waals surface area contributed by atoms with Gasteiger partial charge < -0.3 is 4.42 Å². The summed E-state index contributed by atoms with van der Waals surface area (Å²) in [4.78, 5) is 8.31. The van der Waals surface area contributed by atoms with Crippen LogP contribution in [0.4, 0.5) is 8.78 Å². The van der Waals surface area contributed by atoms with Crippen LogP contribution in [0.1, 0.15) is 12.3 Å². The Morgan fingerprint density at radius 3 is 2.20 bits per heavy atom. The molecule has 0 saturated carbocycles. The highest BCUT2D eigenvalue weighted by molar-refractivity contribution is 5.57. The van der Waals surface area contributed by atoms with E-state index in [4.69, 9.17) is 4.42 Å². The number of nitrogens with zero attached hydrogens (tertiary/aromatic N) is 4. The summed E-state index contributed by atoms with van der Waals surface area (Å²) >= 11 is 0. The summed E-state index contributed by atoms with van der Waals surface area (Å²) in [6.07, 6.45) is 0.122. The lowest BCUT2D eigenvalue weighted by Gasteiger charge is -1.99. The summed E-state index contributed by atoms with van der Waals surface area (Å²) in [7, 11) is 0. The standard InChI is InChI=1S/C13H8F2N4O/c14-10(15)13-19-18-12(20-13)9-6-16-11(17-7-9)8-4-2-1-3-5-8/h1-7,10H. The van der Waals surface area contributed by atoms with Gasteiger partial charge in [-0.05, 0) is 0 Å². The van der Waals surface area contributed by atoms with E-state index in [-0.39, 0.29) is 5.89 Å². The van der Waals surface area contributed by atoms with Gasteiger partial charge in [-0.1, -0.05) is 30.3 Å². The Bertz CT molecular complexity index is 698. The van der Waals surface area contributed by atoms with E-state index in [1.54, 1.807) is 0 Å². The number of aromatic nitrogens is 4. The van der Waals surface area contributed by atoms with E-state index in [0.717, 1.165) is 5.56 Å². The van der Waals surface area contributed by atoms with Gasteiger partial charge in [0.2, 0.25) is 0 Å². The highest BCUT2D eigenvalue weighted by atomic mass is 19.3. The second-order valence-corrected chi connectivity index (χ2v) is 3.91. The lowest BCUT2D eigenvalue weighted by atomic mass is 10.2. The van der Waals surface area contributed by atoms with Crippen molar-refractivity contribution in [3.8, 4) is 22.8 Å². The molecule has 0 aliphatic heterocycles. The Balaban J connectivity index is 1.89. The number of alkyl halides is 2. The molecule has 0 radical (unpaired) electrons. The van der Waals surface area contributed by atoms with Crippen molar-refractivity contribution in [2.45, 2.75) is 6.43 Å². The predicted molar refractivity (Wildman–Crippen MR) is 65.7 cm³/mol. The quantitative estimate of drug-likeness (QED) is 0.734. The maximum absolute atomic E-state index is 12.4. The molecule has 100 valence electrons. The molecular weight excluding hydrogens is 266 g/mol. The number of hydrogen-bond acceptors (Lipinski definition) is 5. The van der Waals surface area contributed by atoms with Crippen LogP contribution in [0, 0.1) is 0 Å². The number of hydrogen-bond donors (Lipinski definition) is 0. The molecule has 0 spiro atoms. The minimum absolute atomic E-state index is 0.0279.